The molecule has 1 aromatic rings. The van der Waals surface area contributed by atoms with Crippen LogP contribution in [-0.2, 0) is 4.74 Å². The van der Waals surface area contributed by atoms with E-state index in [1.807, 2.05) is 7.05 Å². The van der Waals surface area contributed by atoms with Crippen LogP contribution in [0, 0.1) is 0 Å². The maximum absolute atomic E-state index is 5.70. The molecule has 2 nitrogen and oxygen atoms in total. The van der Waals surface area contributed by atoms with Crippen LogP contribution < -0.4 is 5.32 Å². The summed E-state index contributed by atoms with van der Waals surface area (Å²) in [6.45, 7) is 0.853. The van der Waals surface area contributed by atoms with E-state index in [1.54, 1.807) is 0 Å². The summed E-state index contributed by atoms with van der Waals surface area (Å²) in [5.41, 5.74) is 1.25. The van der Waals surface area contributed by atoms with Gasteiger partial charge in [-0.15, -0.1) is 12.4 Å². The Kier molecular flexibility index (Phi) is 5.06. The number of hydrogen-bond donors (Lipinski definition) is 1. The van der Waals surface area contributed by atoms with Crippen molar-refractivity contribution >= 4 is 28.3 Å². The van der Waals surface area contributed by atoms with Crippen LogP contribution in [0.15, 0.2) is 28.7 Å². The molecule has 0 aromatic heterocycles. The van der Waals surface area contributed by atoms with Gasteiger partial charge >= 0.3 is 0 Å². The largest absolute Gasteiger partial charge is 0.372 e. The Morgan fingerprint density at radius 3 is 2.60 bits per heavy atom. The fourth-order valence-electron chi connectivity index (χ4n) is 1.87. The molecule has 1 N–H and O–H groups in total. The smallest absolute Gasteiger partial charge is 0.0978 e. The summed E-state index contributed by atoms with van der Waals surface area (Å²) in [6.07, 6.45) is 1.31. The van der Waals surface area contributed by atoms with Gasteiger partial charge in [0.15, 0.2) is 0 Å². The molecule has 0 saturated carbocycles. The predicted molar refractivity (Wildman–Crippen MR) is 67.5 cm³/mol. The zero-order valence-corrected chi connectivity index (χ0v) is 11.0. The number of benzene rings is 1. The third-order valence-electron chi connectivity index (χ3n) is 2.66. The molecule has 1 aliphatic rings. The third kappa shape index (κ3) is 2.94. The highest BCUT2D eigenvalue weighted by Crippen LogP contribution is 2.29. The average molecular weight is 293 g/mol. The quantitative estimate of drug-likeness (QED) is 0.905. The fraction of sp³-hybridized carbons (Fsp3) is 0.455. The standard InChI is InChI=1S/C11H14BrNO.ClH/c1-13-10-6-7-14-11(10)8-2-4-9(12)5-3-8;/h2-5,10-11,13H,6-7H2,1H3;1H/t10-,11+;/m1./s1. The summed E-state index contributed by atoms with van der Waals surface area (Å²) >= 11 is 3.43. The van der Waals surface area contributed by atoms with E-state index < -0.39 is 0 Å². The number of ether oxygens (including phenoxy) is 1. The van der Waals surface area contributed by atoms with Crippen LogP contribution in [0.4, 0.5) is 0 Å². The summed E-state index contributed by atoms with van der Waals surface area (Å²) in [5.74, 6) is 0. The Morgan fingerprint density at radius 2 is 2.00 bits per heavy atom. The maximum atomic E-state index is 5.70. The highest BCUT2D eigenvalue weighted by molar-refractivity contribution is 9.10. The van der Waals surface area contributed by atoms with E-state index in [4.69, 9.17) is 4.74 Å². The van der Waals surface area contributed by atoms with Crippen LogP contribution in [0.1, 0.15) is 18.1 Å². The summed E-state index contributed by atoms with van der Waals surface area (Å²) in [4.78, 5) is 0. The molecule has 0 spiro atoms. The Hall–Kier alpha value is -0.0900. The highest BCUT2D eigenvalue weighted by atomic mass is 79.9. The van der Waals surface area contributed by atoms with Gasteiger partial charge in [0.2, 0.25) is 0 Å². The topological polar surface area (TPSA) is 21.3 Å². The van der Waals surface area contributed by atoms with E-state index in [-0.39, 0.29) is 18.5 Å². The molecular formula is C11H15BrClNO. The normalized spacial score (nSPS) is 24.9. The minimum absolute atomic E-state index is 0. The SMILES string of the molecule is CN[C@@H]1CCO[C@H]1c1ccc(Br)cc1.Cl. The lowest BCUT2D eigenvalue weighted by Crippen LogP contribution is -2.27. The van der Waals surface area contributed by atoms with Gasteiger partial charge in [0.05, 0.1) is 6.10 Å². The van der Waals surface area contributed by atoms with Gasteiger partial charge in [-0.1, -0.05) is 28.1 Å². The zero-order chi connectivity index (χ0) is 9.97. The molecule has 1 heterocycles. The van der Waals surface area contributed by atoms with E-state index in [0.29, 0.717) is 6.04 Å². The van der Waals surface area contributed by atoms with Gasteiger partial charge in [-0.25, -0.2) is 0 Å². The lowest BCUT2D eigenvalue weighted by atomic mass is 10.0. The molecule has 0 unspecified atom stereocenters. The van der Waals surface area contributed by atoms with Crippen molar-refractivity contribution in [3.63, 3.8) is 0 Å². The molecule has 0 aliphatic carbocycles. The predicted octanol–water partition coefficient (Wildman–Crippen LogP) is 2.92. The Bertz CT molecular complexity index is 304. The van der Waals surface area contributed by atoms with Gasteiger partial charge in [-0.3, -0.25) is 0 Å². The van der Waals surface area contributed by atoms with Crippen molar-refractivity contribution < 1.29 is 4.74 Å². The first kappa shape index (κ1) is 13.0. The second-order valence-corrected chi connectivity index (χ2v) is 4.44. The fourth-order valence-corrected chi connectivity index (χ4v) is 2.13. The maximum Gasteiger partial charge on any atom is 0.0978 e. The zero-order valence-electron chi connectivity index (χ0n) is 8.57. The molecule has 84 valence electrons. The van der Waals surface area contributed by atoms with Crippen molar-refractivity contribution in [3.05, 3.63) is 34.3 Å². The van der Waals surface area contributed by atoms with Crippen LogP contribution in [0.25, 0.3) is 0 Å². The first-order chi connectivity index (χ1) is 6.81. The minimum atomic E-state index is 0. The molecule has 1 saturated heterocycles. The molecule has 1 aliphatic heterocycles. The van der Waals surface area contributed by atoms with Gasteiger partial charge in [0.1, 0.15) is 0 Å². The number of nitrogens with one attached hydrogen (secondary N) is 1. The Morgan fingerprint density at radius 1 is 1.33 bits per heavy atom. The van der Waals surface area contributed by atoms with E-state index in [0.717, 1.165) is 17.5 Å². The van der Waals surface area contributed by atoms with Crippen LogP contribution in [0.2, 0.25) is 0 Å². The van der Waals surface area contributed by atoms with Gasteiger partial charge in [-0.2, -0.15) is 0 Å². The van der Waals surface area contributed by atoms with E-state index >= 15 is 0 Å². The molecular weight excluding hydrogens is 277 g/mol. The van der Waals surface area contributed by atoms with Crippen molar-refractivity contribution in [2.45, 2.75) is 18.6 Å². The van der Waals surface area contributed by atoms with Crippen LogP contribution in [0.5, 0.6) is 0 Å². The summed E-state index contributed by atoms with van der Waals surface area (Å²) in [5, 5.41) is 3.29. The van der Waals surface area contributed by atoms with Crippen molar-refractivity contribution in [2.75, 3.05) is 13.7 Å². The van der Waals surface area contributed by atoms with E-state index in [9.17, 15) is 0 Å². The monoisotopic (exact) mass is 291 g/mol. The minimum Gasteiger partial charge on any atom is -0.372 e. The van der Waals surface area contributed by atoms with Gasteiger partial charge < -0.3 is 10.1 Å². The second kappa shape index (κ2) is 5.85. The summed E-state index contributed by atoms with van der Waals surface area (Å²) in [7, 11) is 1.99. The van der Waals surface area contributed by atoms with Gasteiger partial charge in [0.25, 0.3) is 0 Å². The van der Waals surface area contributed by atoms with Crippen molar-refractivity contribution in [1.82, 2.24) is 5.32 Å². The van der Waals surface area contributed by atoms with Gasteiger partial charge in [-0.05, 0) is 31.2 Å². The first-order valence-corrected chi connectivity index (χ1v) is 5.65. The molecule has 0 radical (unpaired) electrons. The lowest BCUT2D eigenvalue weighted by molar-refractivity contribution is 0.100. The van der Waals surface area contributed by atoms with Crippen LogP contribution in [-0.4, -0.2) is 19.7 Å². The summed E-state index contributed by atoms with van der Waals surface area (Å²) in [6, 6.07) is 8.80. The lowest BCUT2D eigenvalue weighted by Gasteiger charge is -2.18. The average Bonchev–Trinajstić information content (AvgIpc) is 2.67. The molecule has 0 amide bonds. The van der Waals surface area contributed by atoms with Crippen molar-refractivity contribution in [2.24, 2.45) is 0 Å². The van der Waals surface area contributed by atoms with Gasteiger partial charge in [0, 0.05) is 17.1 Å². The number of hydrogen-bond acceptors (Lipinski definition) is 2. The first-order valence-electron chi connectivity index (χ1n) is 4.85. The van der Waals surface area contributed by atoms with Crippen LogP contribution in [0.3, 0.4) is 0 Å². The highest BCUT2D eigenvalue weighted by Gasteiger charge is 2.27. The molecule has 4 heteroatoms. The Labute approximate surface area is 105 Å². The van der Waals surface area contributed by atoms with E-state index in [2.05, 4.69) is 45.5 Å². The van der Waals surface area contributed by atoms with Crippen molar-refractivity contribution in [3.8, 4) is 0 Å². The summed E-state index contributed by atoms with van der Waals surface area (Å²) < 4.78 is 6.82. The molecule has 1 fully saturated rings. The molecule has 1 aromatic carbocycles. The van der Waals surface area contributed by atoms with E-state index in [1.165, 1.54) is 5.56 Å². The molecule has 0 bridgehead atoms. The molecule has 15 heavy (non-hydrogen) atoms. The number of likely N-dealkylation sites (N-methyl/N-ethyl adjacent to an activating group) is 1. The Balaban J connectivity index is 0.00000112. The number of halogens is 2. The van der Waals surface area contributed by atoms with Crippen molar-refractivity contribution in [1.29, 1.82) is 0 Å². The van der Waals surface area contributed by atoms with Crippen LogP contribution >= 0.6 is 28.3 Å². The molecule has 2 rings (SSSR count). The number of rotatable bonds is 2. The second-order valence-electron chi connectivity index (χ2n) is 3.53. The molecule has 2 atom stereocenters. The third-order valence-corrected chi connectivity index (χ3v) is 3.19.